The summed E-state index contributed by atoms with van der Waals surface area (Å²) in [6.45, 7) is 0.549. The Labute approximate surface area is 224 Å². The molecular formula is C29H27ClN4O4. The van der Waals surface area contributed by atoms with Gasteiger partial charge >= 0.3 is 12.0 Å². The molecule has 4 rings (SSSR count). The van der Waals surface area contributed by atoms with E-state index in [1.54, 1.807) is 42.6 Å². The summed E-state index contributed by atoms with van der Waals surface area (Å²) in [6, 6.07) is 23.6. The molecule has 0 bridgehead atoms. The van der Waals surface area contributed by atoms with E-state index in [9.17, 15) is 19.5 Å². The molecule has 1 heterocycles. The van der Waals surface area contributed by atoms with Gasteiger partial charge in [-0.1, -0.05) is 84.4 Å². The van der Waals surface area contributed by atoms with E-state index in [0.717, 1.165) is 16.7 Å². The van der Waals surface area contributed by atoms with Crippen LogP contribution in [0.5, 0.6) is 0 Å². The zero-order valence-corrected chi connectivity index (χ0v) is 21.2. The molecule has 194 valence electrons. The lowest BCUT2D eigenvalue weighted by molar-refractivity contribution is -0.137. The summed E-state index contributed by atoms with van der Waals surface area (Å²) in [6.07, 6.45) is 1.32. The number of amides is 2. The Balaban J connectivity index is 1.67. The third kappa shape index (κ3) is 6.47. The fraction of sp³-hybridized carbons (Fsp3) is 0.138. The van der Waals surface area contributed by atoms with Gasteiger partial charge in [-0.25, -0.2) is 4.79 Å². The van der Waals surface area contributed by atoms with Crippen molar-refractivity contribution in [1.82, 2.24) is 9.88 Å². The third-order valence-electron chi connectivity index (χ3n) is 6.09. The molecule has 38 heavy (non-hydrogen) atoms. The number of carbonyl (C=O) groups excluding carboxylic acids is 1. The molecule has 9 heteroatoms. The predicted molar refractivity (Wildman–Crippen MR) is 148 cm³/mol. The molecule has 0 aliphatic rings. The zero-order valence-electron chi connectivity index (χ0n) is 20.4. The minimum atomic E-state index is -1.08. The Morgan fingerprint density at radius 3 is 2.29 bits per heavy atom. The first-order valence-electron chi connectivity index (χ1n) is 12.0. The monoisotopic (exact) mass is 530 g/mol. The number of urea groups is 1. The largest absolute Gasteiger partial charge is 0.481 e. The second-order valence-corrected chi connectivity index (χ2v) is 9.10. The van der Waals surface area contributed by atoms with E-state index in [1.165, 1.54) is 4.57 Å². The molecular weight excluding hydrogens is 504 g/mol. The molecule has 0 spiro atoms. The number of hydrogen-bond donors (Lipinski definition) is 4. The average molecular weight is 531 g/mol. The average Bonchev–Trinajstić information content (AvgIpc) is 2.92. The quantitative estimate of drug-likeness (QED) is 0.242. The number of halogens is 1. The van der Waals surface area contributed by atoms with Crippen LogP contribution in [-0.4, -0.2) is 21.7 Å². The van der Waals surface area contributed by atoms with Crippen molar-refractivity contribution >= 4 is 29.3 Å². The van der Waals surface area contributed by atoms with Gasteiger partial charge in [0.1, 0.15) is 5.69 Å². The molecule has 3 aromatic carbocycles. The number of nitrogens with one attached hydrogen (secondary N) is 2. The van der Waals surface area contributed by atoms with Crippen LogP contribution in [0.3, 0.4) is 0 Å². The second-order valence-electron chi connectivity index (χ2n) is 8.69. The molecule has 1 aromatic heterocycles. The Morgan fingerprint density at radius 1 is 0.947 bits per heavy atom. The summed E-state index contributed by atoms with van der Waals surface area (Å²) in [5.74, 6) is -1.08. The number of carboxylic acids is 1. The molecule has 0 radical (unpaired) electrons. The fourth-order valence-corrected chi connectivity index (χ4v) is 4.30. The Hall–Kier alpha value is -4.40. The van der Waals surface area contributed by atoms with E-state index in [0.29, 0.717) is 22.7 Å². The van der Waals surface area contributed by atoms with Crippen molar-refractivity contribution in [1.29, 1.82) is 0 Å². The van der Waals surface area contributed by atoms with E-state index in [1.807, 2.05) is 48.5 Å². The van der Waals surface area contributed by atoms with Gasteiger partial charge in [-0.2, -0.15) is 0 Å². The number of hydrogen-bond acceptors (Lipinski definition) is 4. The van der Waals surface area contributed by atoms with Gasteiger partial charge < -0.3 is 26.0 Å². The van der Waals surface area contributed by atoms with Crippen LogP contribution in [0, 0.1) is 0 Å². The van der Waals surface area contributed by atoms with Crippen LogP contribution in [0.1, 0.15) is 29.2 Å². The van der Waals surface area contributed by atoms with Crippen LogP contribution in [0.15, 0.2) is 95.9 Å². The van der Waals surface area contributed by atoms with Crippen LogP contribution in [0.25, 0.3) is 11.1 Å². The highest BCUT2D eigenvalue weighted by molar-refractivity contribution is 6.31. The Kier molecular flexibility index (Phi) is 8.58. The maximum atomic E-state index is 13.6. The number of pyridine rings is 1. The summed E-state index contributed by atoms with van der Waals surface area (Å²) in [5.41, 5.74) is 8.80. The summed E-state index contributed by atoms with van der Waals surface area (Å²) < 4.78 is 1.46. The SMILES string of the molecule is NCc1ccc(C(CC(=O)O)NC(=O)Nc2c(-c3ccccc3)ccn(Cc3ccccc3Cl)c2=O)cc1. The van der Waals surface area contributed by atoms with Gasteiger partial charge in [-0.05, 0) is 34.4 Å². The van der Waals surface area contributed by atoms with Gasteiger partial charge in [0.25, 0.3) is 5.56 Å². The number of aliphatic carboxylic acids is 1. The standard InChI is InChI=1S/C29H27ClN4O4/c30-24-9-5-4-8-22(24)18-34-15-14-23(20-6-2-1-3-7-20)27(28(34)37)33-29(38)32-25(16-26(35)36)21-12-10-19(17-31)11-13-21/h1-15,25H,16-18,31H2,(H,35,36)(H2,32,33,38). The Morgan fingerprint density at radius 2 is 1.63 bits per heavy atom. The molecule has 8 nitrogen and oxygen atoms in total. The highest BCUT2D eigenvalue weighted by Gasteiger charge is 2.21. The van der Waals surface area contributed by atoms with E-state index >= 15 is 0 Å². The molecule has 0 saturated heterocycles. The number of nitrogens with two attached hydrogens (primary N) is 1. The summed E-state index contributed by atoms with van der Waals surface area (Å²) in [7, 11) is 0. The minimum Gasteiger partial charge on any atom is -0.481 e. The molecule has 2 amide bonds. The number of carboxylic acid groups (broad SMARTS) is 1. The van der Waals surface area contributed by atoms with Crippen molar-refractivity contribution in [3.8, 4) is 11.1 Å². The van der Waals surface area contributed by atoms with E-state index < -0.39 is 23.6 Å². The molecule has 5 N–H and O–H groups in total. The third-order valence-corrected chi connectivity index (χ3v) is 6.46. The van der Waals surface area contributed by atoms with Gasteiger partial charge in [-0.3, -0.25) is 9.59 Å². The zero-order chi connectivity index (χ0) is 27.1. The summed E-state index contributed by atoms with van der Waals surface area (Å²) in [5, 5.41) is 15.3. The van der Waals surface area contributed by atoms with Gasteiger partial charge in [0.2, 0.25) is 0 Å². The van der Waals surface area contributed by atoms with Gasteiger partial charge in [-0.15, -0.1) is 0 Å². The van der Waals surface area contributed by atoms with Crippen LogP contribution >= 0.6 is 11.6 Å². The molecule has 0 aliphatic heterocycles. The van der Waals surface area contributed by atoms with Crippen molar-refractivity contribution in [3.63, 3.8) is 0 Å². The van der Waals surface area contributed by atoms with E-state index in [4.69, 9.17) is 17.3 Å². The first-order chi connectivity index (χ1) is 18.4. The van der Waals surface area contributed by atoms with Crippen LogP contribution in [-0.2, 0) is 17.9 Å². The first-order valence-corrected chi connectivity index (χ1v) is 12.3. The Bertz CT molecular complexity index is 1490. The van der Waals surface area contributed by atoms with Crippen molar-refractivity contribution in [2.24, 2.45) is 5.73 Å². The van der Waals surface area contributed by atoms with Crippen molar-refractivity contribution in [3.05, 3.63) is 123 Å². The second kappa shape index (κ2) is 12.2. The molecule has 0 aliphatic carbocycles. The van der Waals surface area contributed by atoms with Crippen molar-refractivity contribution < 1.29 is 14.7 Å². The van der Waals surface area contributed by atoms with E-state index in [-0.39, 0.29) is 18.7 Å². The lowest BCUT2D eigenvalue weighted by atomic mass is 10.0. The number of rotatable bonds is 9. The lowest BCUT2D eigenvalue weighted by Crippen LogP contribution is -2.36. The van der Waals surface area contributed by atoms with Crippen LogP contribution < -0.4 is 21.9 Å². The minimum absolute atomic E-state index is 0.0656. The number of carbonyl (C=O) groups is 2. The normalized spacial score (nSPS) is 11.5. The number of nitrogens with zero attached hydrogens (tertiary/aromatic N) is 1. The fourth-order valence-electron chi connectivity index (χ4n) is 4.11. The van der Waals surface area contributed by atoms with Gasteiger partial charge in [0.15, 0.2) is 0 Å². The van der Waals surface area contributed by atoms with Crippen LogP contribution in [0.4, 0.5) is 10.5 Å². The van der Waals surface area contributed by atoms with E-state index in [2.05, 4.69) is 10.6 Å². The number of aromatic nitrogens is 1. The van der Waals surface area contributed by atoms with Crippen molar-refractivity contribution in [2.45, 2.75) is 25.6 Å². The predicted octanol–water partition coefficient (Wildman–Crippen LogP) is 5.01. The molecule has 0 fully saturated rings. The van der Waals surface area contributed by atoms with Gasteiger partial charge in [0, 0.05) is 23.3 Å². The highest BCUT2D eigenvalue weighted by atomic mass is 35.5. The first kappa shape index (κ1) is 26.7. The topological polar surface area (TPSA) is 126 Å². The van der Waals surface area contributed by atoms with Crippen molar-refractivity contribution in [2.75, 3.05) is 5.32 Å². The van der Waals surface area contributed by atoms with Gasteiger partial charge in [0.05, 0.1) is 19.0 Å². The molecule has 1 unspecified atom stereocenters. The summed E-state index contributed by atoms with van der Waals surface area (Å²) >= 11 is 6.30. The smallest absolute Gasteiger partial charge is 0.319 e. The lowest BCUT2D eigenvalue weighted by Gasteiger charge is -2.20. The number of benzene rings is 3. The number of anilines is 1. The summed E-state index contributed by atoms with van der Waals surface area (Å²) in [4.78, 5) is 38.3. The maximum absolute atomic E-state index is 13.6. The highest BCUT2D eigenvalue weighted by Crippen LogP contribution is 2.26. The molecule has 1 atom stereocenters. The molecule has 4 aromatic rings. The molecule has 0 saturated carbocycles. The maximum Gasteiger partial charge on any atom is 0.319 e. The van der Waals surface area contributed by atoms with Crippen LogP contribution in [0.2, 0.25) is 5.02 Å².